The molecule has 0 spiro atoms. The third kappa shape index (κ3) is 2.13. The van der Waals surface area contributed by atoms with Gasteiger partial charge in [0, 0.05) is 16.6 Å². The molecule has 4 heteroatoms. The summed E-state index contributed by atoms with van der Waals surface area (Å²) in [5.41, 5.74) is 1.38. The predicted molar refractivity (Wildman–Crippen MR) is 85.7 cm³/mol. The van der Waals surface area contributed by atoms with Crippen molar-refractivity contribution in [2.24, 2.45) is 28.2 Å². The van der Waals surface area contributed by atoms with E-state index >= 15 is 0 Å². The van der Waals surface area contributed by atoms with Crippen molar-refractivity contribution in [3.63, 3.8) is 0 Å². The molecule has 3 fully saturated rings. The van der Waals surface area contributed by atoms with Gasteiger partial charge in [0.2, 0.25) is 0 Å². The summed E-state index contributed by atoms with van der Waals surface area (Å²) in [5, 5.41) is 3.98. The minimum Gasteiger partial charge on any atom is -0.465 e. The van der Waals surface area contributed by atoms with Gasteiger partial charge in [0.1, 0.15) is 0 Å². The van der Waals surface area contributed by atoms with E-state index in [1.54, 1.807) is 0 Å². The first kappa shape index (κ1) is 13.4. The number of nitrogens with zero attached hydrogens (tertiary/aromatic N) is 1. The molecule has 112 valence electrons. The van der Waals surface area contributed by atoms with Crippen LogP contribution in [0.15, 0.2) is 29.3 Å². The van der Waals surface area contributed by atoms with Crippen molar-refractivity contribution in [3.8, 4) is 0 Å². The summed E-state index contributed by atoms with van der Waals surface area (Å²) in [6.07, 6.45) is 2.60. The predicted octanol–water partition coefficient (Wildman–Crippen LogP) is 4.19. The Morgan fingerprint density at radius 2 is 2.19 bits per heavy atom. The maximum Gasteiger partial charge on any atom is 0.289 e. The van der Waals surface area contributed by atoms with E-state index in [1.165, 1.54) is 12.8 Å². The normalized spacial score (nSPS) is 35.9. The summed E-state index contributed by atoms with van der Waals surface area (Å²) < 4.78 is 5.82. The summed E-state index contributed by atoms with van der Waals surface area (Å²) in [4.78, 5) is 4.88. The van der Waals surface area contributed by atoms with E-state index in [0.717, 1.165) is 23.2 Å². The molecule has 4 atom stereocenters. The zero-order valence-electron chi connectivity index (χ0n) is 12.5. The number of aliphatic imine (C=N–C) groups is 1. The second-order valence-electron chi connectivity index (χ2n) is 7.23. The Balaban J connectivity index is 1.55. The van der Waals surface area contributed by atoms with E-state index in [9.17, 15) is 0 Å². The molecule has 2 bridgehead atoms. The van der Waals surface area contributed by atoms with E-state index in [1.807, 2.05) is 24.3 Å². The first-order valence-electron chi connectivity index (χ1n) is 7.77. The van der Waals surface area contributed by atoms with Gasteiger partial charge < -0.3 is 10.1 Å². The highest BCUT2D eigenvalue weighted by Gasteiger charge is 2.58. The van der Waals surface area contributed by atoms with Crippen LogP contribution in [0.25, 0.3) is 0 Å². The number of halogens is 1. The Labute approximate surface area is 130 Å². The van der Waals surface area contributed by atoms with Crippen molar-refractivity contribution in [2.45, 2.75) is 32.7 Å². The van der Waals surface area contributed by atoms with Crippen molar-refractivity contribution in [1.82, 2.24) is 0 Å². The summed E-state index contributed by atoms with van der Waals surface area (Å²) in [6, 6.07) is 8.74. The summed E-state index contributed by atoms with van der Waals surface area (Å²) in [5.74, 6) is 2.18. The number of benzene rings is 1. The van der Waals surface area contributed by atoms with Gasteiger partial charge >= 0.3 is 0 Å². The Bertz CT molecular complexity index is 598. The Morgan fingerprint density at radius 1 is 1.33 bits per heavy atom. The Kier molecular flexibility index (Phi) is 2.97. The molecule has 0 saturated heterocycles. The fourth-order valence-corrected chi connectivity index (χ4v) is 4.54. The number of hydrogen-bond donors (Lipinski definition) is 1. The summed E-state index contributed by atoms with van der Waals surface area (Å²) >= 11 is 6.02. The molecule has 0 amide bonds. The van der Waals surface area contributed by atoms with Crippen molar-refractivity contribution >= 4 is 23.3 Å². The molecule has 3 saturated carbocycles. The lowest BCUT2D eigenvalue weighted by atomic mass is 9.45. The second-order valence-corrected chi connectivity index (χ2v) is 7.66. The summed E-state index contributed by atoms with van der Waals surface area (Å²) in [7, 11) is 0. The maximum absolute atomic E-state index is 6.02. The molecular weight excluding hydrogens is 284 g/mol. The molecule has 0 unspecified atom stereocenters. The lowest BCUT2D eigenvalue weighted by Crippen LogP contribution is -2.60. The van der Waals surface area contributed by atoms with Crippen LogP contribution in [0.4, 0.5) is 5.69 Å². The highest BCUT2D eigenvalue weighted by atomic mass is 35.5. The molecule has 0 radical (unpaired) electrons. The summed E-state index contributed by atoms with van der Waals surface area (Å²) in [6.45, 7) is 5.59. The van der Waals surface area contributed by atoms with E-state index in [-0.39, 0.29) is 0 Å². The zero-order chi connectivity index (χ0) is 14.6. The SMILES string of the molecule is CC1(C)[C@@H]2C[C@@H]3COC(Nc4cccc(Cl)c4)=N[C@@H]3[C@@H]1C2. The average Bonchev–Trinajstić information content (AvgIpc) is 2.46. The average molecular weight is 305 g/mol. The van der Waals surface area contributed by atoms with E-state index in [4.69, 9.17) is 21.3 Å². The number of hydrogen-bond acceptors (Lipinski definition) is 3. The van der Waals surface area contributed by atoms with Gasteiger partial charge in [-0.1, -0.05) is 31.5 Å². The number of anilines is 1. The number of rotatable bonds is 1. The van der Waals surface area contributed by atoms with Gasteiger partial charge in [0.15, 0.2) is 0 Å². The first-order chi connectivity index (χ1) is 10.0. The molecule has 4 aliphatic rings. The van der Waals surface area contributed by atoms with Gasteiger partial charge in [-0.25, -0.2) is 4.99 Å². The highest BCUT2D eigenvalue weighted by molar-refractivity contribution is 6.30. The van der Waals surface area contributed by atoms with E-state index in [0.29, 0.717) is 29.3 Å². The molecule has 1 N–H and O–H groups in total. The van der Waals surface area contributed by atoms with Crippen LogP contribution in [0.1, 0.15) is 26.7 Å². The topological polar surface area (TPSA) is 33.6 Å². The standard InChI is InChI=1S/C17H21ClN2O/c1-17(2)11-6-10-9-21-16(20-15(10)14(17)7-11)19-13-5-3-4-12(18)8-13/h3-5,8,10-11,14-15H,6-7,9H2,1-2H3,(H,19,20)/t10-,11-,14+,15+/m1/s1. The molecule has 1 heterocycles. The Hall–Kier alpha value is -1.22. The smallest absolute Gasteiger partial charge is 0.289 e. The van der Waals surface area contributed by atoms with Gasteiger partial charge in [0.05, 0.1) is 12.6 Å². The van der Waals surface area contributed by atoms with E-state index < -0.39 is 0 Å². The maximum atomic E-state index is 6.02. The van der Waals surface area contributed by atoms with Gasteiger partial charge in [-0.05, 0) is 48.3 Å². The van der Waals surface area contributed by atoms with Crippen LogP contribution in [-0.2, 0) is 4.74 Å². The highest BCUT2D eigenvalue weighted by Crippen LogP contribution is 2.61. The third-order valence-electron chi connectivity index (χ3n) is 5.81. The fourth-order valence-electron chi connectivity index (χ4n) is 4.35. The minimum atomic E-state index is 0.417. The van der Waals surface area contributed by atoms with Crippen LogP contribution < -0.4 is 5.32 Å². The largest absolute Gasteiger partial charge is 0.465 e. The third-order valence-corrected chi connectivity index (χ3v) is 6.04. The van der Waals surface area contributed by atoms with Gasteiger partial charge in [-0.15, -0.1) is 0 Å². The zero-order valence-corrected chi connectivity index (χ0v) is 13.2. The van der Waals surface area contributed by atoms with Crippen molar-refractivity contribution < 1.29 is 4.74 Å². The molecule has 1 aromatic rings. The van der Waals surface area contributed by atoms with Crippen LogP contribution in [0.5, 0.6) is 0 Å². The van der Waals surface area contributed by atoms with Gasteiger partial charge in [-0.2, -0.15) is 0 Å². The van der Waals surface area contributed by atoms with Crippen LogP contribution in [0.2, 0.25) is 5.02 Å². The quantitative estimate of drug-likeness (QED) is 0.844. The van der Waals surface area contributed by atoms with Crippen LogP contribution in [0.3, 0.4) is 0 Å². The number of nitrogens with one attached hydrogen (secondary N) is 1. The monoisotopic (exact) mass is 304 g/mol. The van der Waals surface area contributed by atoms with Crippen LogP contribution in [-0.4, -0.2) is 18.7 Å². The van der Waals surface area contributed by atoms with E-state index in [2.05, 4.69) is 19.2 Å². The fraction of sp³-hybridized carbons (Fsp3) is 0.588. The number of ether oxygens (including phenoxy) is 1. The van der Waals surface area contributed by atoms with Gasteiger partial charge in [-0.3, -0.25) is 0 Å². The molecule has 5 rings (SSSR count). The van der Waals surface area contributed by atoms with Gasteiger partial charge in [0.25, 0.3) is 6.02 Å². The molecule has 1 aliphatic heterocycles. The van der Waals surface area contributed by atoms with Crippen LogP contribution in [0, 0.1) is 23.2 Å². The lowest BCUT2D eigenvalue weighted by molar-refractivity contribution is -0.116. The molecule has 1 aromatic carbocycles. The molecule has 0 aromatic heterocycles. The first-order valence-corrected chi connectivity index (χ1v) is 8.15. The molecule has 3 nitrogen and oxygen atoms in total. The molecule has 21 heavy (non-hydrogen) atoms. The molecular formula is C17H21ClN2O. The Morgan fingerprint density at radius 3 is 2.95 bits per heavy atom. The lowest BCUT2D eigenvalue weighted by Gasteiger charge is -2.62. The second kappa shape index (κ2) is 4.64. The van der Waals surface area contributed by atoms with Crippen LogP contribution >= 0.6 is 11.6 Å². The molecule has 3 aliphatic carbocycles. The van der Waals surface area contributed by atoms with Crippen molar-refractivity contribution in [3.05, 3.63) is 29.3 Å². The van der Waals surface area contributed by atoms with Crippen molar-refractivity contribution in [1.29, 1.82) is 0 Å². The minimum absolute atomic E-state index is 0.417. The van der Waals surface area contributed by atoms with Crippen molar-refractivity contribution in [2.75, 3.05) is 11.9 Å². The number of amidine groups is 1.